The summed E-state index contributed by atoms with van der Waals surface area (Å²) >= 11 is 0. The minimum atomic E-state index is -0.320. The second-order valence-corrected chi connectivity index (χ2v) is 7.86. The monoisotopic (exact) mass is 440 g/mol. The normalized spacial score (nSPS) is 13.2. The van der Waals surface area contributed by atoms with Gasteiger partial charge in [-0.15, -0.1) is 5.10 Å². The fourth-order valence-electron chi connectivity index (χ4n) is 3.76. The van der Waals surface area contributed by atoms with E-state index >= 15 is 0 Å². The maximum absolute atomic E-state index is 12.6. The van der Waals surface area contributed by atoms with Gasteiger partial charge in [-0.3, -0.25) is 4.79 Å². The quantitative estimate of drug-likeness (QED) is 0.468. The number of rotatable bonds is 6. The SMILES string of the molecule is Cc1nc(Nc2ccc(NC(=O)c3cnn(-c4ccccc4)n3)cc2)cc(N2CCCC2)n1. The lowest BCUT2D eigenvalue weighted by Gasteiger charge is -2.18. The molecule has 4 aromatic rings. The molecule has 9 heteroatoms. The van der Waals surface area contributed by atoms with Crippen molar-refractivity contribution in [1.29, 1.82) is 0 Å². The molecule has 0 unspecified atom stereocenters. The molecule has 3 heterocycles. The van der Waals surface area contributed by atoms with E-state index in [2.05, 4.69) is 35.7 Å². The Bertz CT molecular complexity index is 1250. The summed E-state index contributed by atoms with van der Waals surface area (Å²) in [7, 11) is 0. The van der Waals surface area contributed by atoms with Gasteiger partial charge in [0, 0.05) is 30.5 Å². The summed E-state index contributed by atoms with van der Waals surface area (Å²) in [6.45, 7) is 3.96. The molecule has 166 valence electrons. The van der Waals surface area contributed by atoms with Crippen LogP contribution in [0.25, 0.3) is 5.69 Å². The smallest absolute Gasteiger partial charge is 0.277 e. The summed E-state index contributed by atoms with van der Waals surface area (Å²) in [6.07, 6.45) is 3.84. The third-order valence-electron chi connectivity index (χ3n) is 5.38. The second-order valence-electron chi connectivity index (χ2n) is 7.86. The van der Waals surface area contributed by atoms with Crippen LogP contribution in [0.2, 0.25) is 0 Å². The lowest BCUT2D eigenvalue weighted by molar-refractivity contribution is 0.102. The number of amides is 1. The van der Waals surface area contributed by atoms with E-state index in [-0.39, 0.29) is 11.6 Å². The lowest BCUT2D eigenvalue weighted by atomic mass is 10.2. The highest BCUT2D eigenvalue weighted by molar-refractivity contribution is 6.02. The number of benzene rings is 2. The van der Waals surface area contributed by atoms with Crippen molar-refractivity contribution in [1.82, 2.24) is 25.0 Å². The predicted molar refractivity (Wildman–Crippen MR) is 127 cm³/mol. The number of anilines is 4. The molecule has 2 N–H and O–H groups in total. The largest absolute Gasteiger partial charge is 0.356 e. The Morgan fingerprint density at radius 2 is 1.67 bits per heavy atom. The molecule has 1 fully saturated rings. The van der Waals surface area contributed by atoms with Gasteiger partial charge >= 0.3 is 0 Å². The molecule has 33 heavy (non-hydrogen) atoms. The van der Waals surface area contributed by atoms with Gasteiger partial charge in [-0.05, 0) is 56.2 Å². The highest BCUT2D eigenvalue weighted by Gasteiger charge is 2.15. The van der Waals surface area contributed by atoms with Crippen LogP contribution in [0.15, 0.2) is 66.9 Å². The molecule has 0 saturated carbocycles. The van der Waals surface area contributed by atoms with Crippen molar-refractivity contribution < 1.29 is 4.79 Å². The molecule has 5 rings (SSSR count). The Labute approximate surface area is 191 Å². The first-order valence-electron chi connectivity index (χ1n) is 10.9. The zero-order valence-electron chi connectivity index (χ0n) is 18.3. The molecule has 0 radical (unpaired) electrons. The Morgan fingerprint density at radius 1 is 0.939 bits per heavy atom. The number of hydrogen-bond donors (Lipinski definition) is 2. The average Bonchev–Trinajstić information content (AvgIpc) is 3.53. The van der Waals surface area contributed by atoms with Gasteiger partial charge in [-0.2, -0.15) is 9.90 Å². The van der Waals surface area contributed by atoms with Crippen LogP contribution in [0.4, 0.5) is 23.0 Å². The van der Waals surface area contributed by atoms with E-state index in [4.69, 9.17) is 0 Å². The van der Waals surface area contributed by atoms with Crippen molar-refractivity contribution in [3.8, 4) is 5.69 Å². The summed E-state index contributed by atoms with van der Waals surface area (Å²) in [6, 6.07) is 18.9. The van der Waals surface area contributed by atoms with E-state index in [9.17, 15) is 4.79 Å². The standard InChI is InChI=1S/C24H24N8O/c1-17-26-22(15-23(27-17)31-13-5-6-14-31)28-18-9-11-19(12-10-18)29-24(33)21-16-25-32(30-21)20-7-3-2-4-8-20/h2-4,7-12,15-16H,5-6,13-14H2,1H3,(H,29,33)(H,26,27,28). The van der Waals surface area contributed by atoms with Crippen LogP contribution in [-0.4, -0.2) is 44.0 Å². The molecule has 1 aliphatic heterocycles. The summed E-state index contributed by atoms with van der Waals surface area (Å²) in [5.74, 6) is 2.11. The maximum Gasteiger partial charge on any atom is 0.277 e. The number of carbonyl (C=O) groups excluding carboxylic acids is 1. The van der Waals surface area contributed by atoms with Crippen LogP contribution in [0.3, 0.4) is 0 Å². The average molecular weight is 441 g/mol. The van der Waals surface area contributed by atoms with Gasteiger partial charge in [-0.1, -0.05) is 18.2 Å². The fraction of sp³-hybridized carbons (Fsp3) is 0.208. The summed E-state index contributed by atoms with van der Waals surface area (Å²) in [5.41, 5.74) is 2.57. The number of carbonyl (C=O) groups is 1. The highest BCUT2D eigenvalue weighted by Crippen LogP contribution is 2.23. The first kappa shape index (κ1) is 20.6. The van der Waals surface area contributed by atoms with Crippen LogP contribution in [-0.2, 0) is 0 Å². The lowest BCUT2D eigenvalue weighted by Crippen LogP contribution is -2.19. The van der Waals surface area contributed by atoms with Crippen LogP contribution >= 0.6 is 0 Å². The van der Waals surface area contributed by atoms with Gasteiger partial charge < -0.3 is 15.5 Å². The van der Waals surface area contributed by atoms with Crippen LogP contribution in [0, 0.1) is 6.92 Å². The zero-order chi connectivity index (χ0) is 22.6. The summed E-state index contributed by atoms with van der Waals surface area (Å²) < 4.78 is 0. The van der Waals surface area contributed by atoms with Gasteiger partial charge in [0.1, 0.15) is 17.5 Å². The summed E-state index contributed by atoms with van der Waals surface area (Å²) in [5, 5.41) is 14.6. The first-order chi connectivity index (χ1) is 16.1. The van der Waals surface area contributed by atoms with E-state index in [0.717, 1.165) is 41.9 Å². The molecule has 2 aromatic carbocycles. The molecule has 1 aliphatic rings. The van der Waals surface area contributed by atoms with E-state index in [1.54, 1.807) is 0 Å². The minimum absolute atomic E-state index is 0.243. The summed E-state index contributed by atoms with van der Waals surface area (Å²) in [4.78, 5) is 25.4. The van der Waals surface area contributed by atoms with Crippen molar-refractivity contribution in [3.05, 3.63) is 78.4 Å². The van der Waals surface area contributed by atoms with Crippen molar-refractivity contribution in [2.45, 2.75) is 19.8 Å². The molecule has 0 spiro atoms. The number of hydrogen-bond acceptors (Lipinski definition) is 7. The Kier molecular flexibility index (Phi) is 5.67. The van der Waals surface area contributed by atoms with Gasteiger partial charge in [0.15, 0.2) is 5.69 Å². The number of nitrogens with one attached hydrogen (secondary N) is 2. The van der Waals surface area contributed by atoms with E-state index in [1.165, 1.54) is 23.8 Å². The number of para-hydroxylation sites is 1. The molecular formula is C24H24N8O. The van der Waals surface area contributed by atoms with Gasteiger partial charge in [0.05, 0.1) is 11.9 Å². The van der Waals surface area contributed by atoms with Gasteiger partial charge in [-0.25, -0.2) is 9.97 Å². The molecule has 2 aromatic heterocycles. The van der Waals surface area contributed by atoms with Crippen LogP contribution in [0.1, 0.15) is 29.2 Å². The Hall–Kier alpha value is -4.27. The number of nitrogens with zero attached hydrogens (tertiary/aromatic N) is 6. The third kappa shape index (κ3) is 4.82. The fourth-order valence-corrected chi connectivity index (χ4v) is 3.76. The van der Waals surface area contributed by atoms with E-state index in [1.807, 2.05) is 67.6 Å². The number of aromatic nitrogens is 5. The molecule has 0 aliphatic carbocycles. The molecule has 1 amide bonds. The highest BCUT2D eigenvalue weighted by atomic mass is 16.2. The third-order valence-corrected chi connectivity index (χ3v) is 5.38. The molecule has 0 atom stereocenters. The van der Waals surface area contributed by atoms with Crippen molar-refractivity contribution in [2.24, 2.45) is 0 Å². The second kappa shape index (κ2) is 9.07. The first-order valence-corrected chi connectivity index (χ1v) is 10.9. The van der Waals surface area contributed by atoms with Gasteiger partial charge in [0.2, 0.25) is 0 Å². The van der Waals surface area contributed by atoms with Crippen LogP contribution in [0.5, 0.6) is 0 Å². The zero-order valence-corrected chi connectivity index (χ0v) is 18.3. The Balaban J connectivity index is 1.24. The van der Waals surface area contributed by atoms with Crippen molar-refractivity contribution in [2.75, 3.05) is 28.6 Å². The maximum atomic E-state index is 12.6. The Morgan fingerprint density at radius 3 is 2.42 bits per heavy atom. The van der Waals surface area contributed by atoms with Crippen molar-refractivity contribution in [3.63, 3.8) is 0 Å². The van der Waals surface area contributed by atoms with Gasteiger partial charge in [0.25, 0.3) is 5.91 Å². The molecule has 1 saturated heterocycles. The van der Waals surface area contributed by atoms with Crippen molar-refractivity contribution >= 4 is 28.9 Å². The molecule has 0 bridgehead atoms. The molecular weight excluding hydrogens is 416 g/mol. The van der Waals surface area contributed by atoms with E-state index < -0.39 is 0 Å². The van der Waals surface area contributed by atoms with E-state index in [0.29, 0.717) is 5.69 Å². The predicted octanol–water partition coefficient (Wildman–Crippen LogP) is 3.96. The topological polar surface area (TPSA) is 101 Å². The molecule has 9 nitrogen and oxygen atoms in total. The van der Waals surface area contributed by atoms with Crippen LogP contribution < -0.4 is 15.5 Å². The number of aryl methyl sites for hydroxylation is 1. The minimum Gasteiger partial charge on any atom is -0.356 e.